The van der Waals surface area contributed by atoms with Crippen molar-refractivity contribution in [2.75, 3.05) is 36.9 Å². The first-order valence-corrected chi connectivity index (χ1v) is 12.1. The topological polar surface area (TPSA) is 92.5 Å². The number of nitrogen functional groups attached to an aromatic ring is 1. The lowest BCUT2D eigenvalue weighted by atomic mass is 9.82. The van der Waals surface area contributed by atoms with Gasteiger partial charge in [0.1, 0.15) is 22.1 Å². The van der Waals surface area contributed by atoms with Crippen LogP contribution >= 0.6 is 11.3 Å². The van der Waals surface area contributed by atoms with Gasteiger partial charge in [-0.1, -0.05) is 6.07 Å². The highest BCUT2D eigenvalue weighted by molar-refractivity contribution is 7.21. The highest BCUT2D eigenvalue weighted by atomic mass is 32.1. The third-order valence-corrected chi connectivity index (χ3v) is 8.10. The molecule has 1 aromatic carbocycles. The third kappa shape index (κ3) is 3.29. The SMILES string of the molecule is Cc1ccc2c(N)c(C(=O)N[C@H]3COc4cc(N5C[C@@H]6CCNCC65)ccc4C3)sc2n1. The van der Waals surface area contributed by atoms with E-state index in [4.69, 9.17) is 10.5 Å². The molecule has 4 N–H and O–H groups in total. The molecular weight excluding hydrogens is 422 g/mol. The molecule has 2 saturated heterocycles. The molecule has 0 spiro atoms. The van der Waals surface area contributed by atoms with Crippen LogP contribution in [-0.2, 0) is 6.42 Å². The van der Waals surface area contributed by atoms with E-state index in [1.54, 1.807) is 0 Å². The highest BCUT2D eigenvalue weighted by Gasteiger charge is 2.40. The summed E-state index contributed by atoms with van der Waals surface area (Å²) in [4.78, 5) is 21.2. The van der Waals surface area contributed by atoms with E-state index in [1.807, 2.05) is 19.1 Å². The van der Waals surface area contributed by atoms with Crippen molar-refractivity contribution in [3.8, 4) is 5.75 Å². The molecule has 166 valence electrons. The highest BCUT2D eigenvalue weighted by Crippen LogP contribution is 2.38. The van der Waals surface area contributed by atoms with Crippen molar-refractivity contribution in [1.82, 2.24) is 15.6 Å². The summed E-state index contributed by atoms with van der Waals surface area (Å²) in [6, 6.07) is 10.9. The van der Waals surface area contributed by atoms with Crippen molar-refractivity contribution < 1.29 is 9.53 Å². The van der Waals surface area contributed by atoms with Crippen LogP contribution in [0.4, 0.5) is 11.4 Å². The predicted molar refractivity (Wildman–Crippen MR) is 128 cm³/mol. The minimum atomic E-state index is -0.159. The molecule has 3 aromatic rings. The predicted octanol–water partition coefficient (Wildman–Crippen LogP) is 2.72. The Morgan fingerprint density at radius 1 is 1.34 bits per heavy atom. The lowest BCUT2D eigenvalue weighted by molar-refractivity contribution is 0.0920. The summed E-state index contributed by atoms with van der Waals surface area (Å²) in [7, 11) is 0. The Morgan fingerprint density at radius 3 is 3.12 bits per heavy atom. The van der Waals surface area contributed by atoms with Crippen molar-refractivity contribution in [2.45, 2.75) is 31.8 Å². The summed E-state index contributed by atoms with van der Waals surface area (Å²) < 4.78 is 6.08. The fraction of sp³-hybridized carbons (Fsp3) is 0.417. The normalized spacial score (nSPS) is 24.3. The molecule has 1 amide bonds. The molecule has 0 bridgehead atoms. The lowest BCUT2D eigenvalue weighted by Gasteiger charge is -2.52. The summed E-state index contributed by atoms with van der Waals surface area (Å²) >= 11 is 1.34. The number of pyridine rings is 1. The van der Waals surface area contributed by atoms with Gasteiger partial charge < -0.3 is 26.0 Å². The summed E-state index contributed by atoms with van der Waals surface area (Å²) in [5.41, 5.74) is 10.0. The van der Waals surface area contributed by atoms with Crippen LogP contribution in [0.25, 0.3) is 10.2 Å². The van der Waals surface area contributed by atoms with E-state index in [0.717, 1.165) is 59.2 Å². The van der Waals surface area contributed by atoms with E-state index in [0.29, 0.717) is 23.2 Å². The Kier molecular flexibility index (Phi) is 4.73. The second-order valence-corrected chi connectivity index (χ2v) is 10.1. The molecular formula is C24H27N5O2S. The average molecular weight is 450 g/mol. The van der Waals surface area contributed by atoms with Crippen LogP contribution in [-0.4, -0.2) is 49.2 Å². The number of anilines is 2. The maximum atomic E-state index is 12.9. The number of piperidine rings is 1. The minimum absolute atomic E-state index is 0.0870. The number of rotatable bonds is 3. The van der Waals surface area contributed by atoms with E-state index in [-0.39, 0.29) is 11.9 Å². The van der Waals surface area contributed by atoms with Crippen LogP contribution in [0.5, 0.6) is 5.75 Å². The van der Waals surface area contributed by atoms with Crippen LogP contribution in [0.2, 0.25) is 0 Å². The Balaban J connectivity index is 1.15. The van der Waals surface area contributed by atoms with Crippen molar-refractivity contribution in [3.63, 3.8) is 0 Å². The van der Waals surface area contributed by atoms with Crippen molar-refractivity contribution in [2.24, 2.45) is 5.92 Å². The zero-order valence-corrected chi connectivity index (χ0v) is 18.9. The quantitative estimate of drug-likeness (QED) is 0.569. The van der Waals surface area contributed by atoms with Gasteiger partial charge in [-0.3, -0.25) is 4.79 Å². The van der Waals surface area contributed by atoms with Gasteiger partial charge in [0, 0.05) is 42.0 Å². The molecule has 5 heterocycles. The maximum Gasteiger partial charge on any atom is 0.263 e. The molecule has 7 nitrogen and oxygen atoms in total. The fourth-order valence-electron chi connectivity index (χ4n) is 5.16. The zero-order chi connectivity index (χ0) is 21.8. The molecule has 2 aromatic heterocycles. The number of hydrogen-bond donors (Lipinski definition) is 3. The number of nitrogens with two attached hydrogens (primary N) is 1. The summed E-state index contributed by atoms with van der Waals surface area (Å²) in [5.74, 6) is 1.59. The van der Waals surface area contributed by atoms with E-state index < -0.39 is 0 Å². The molecule has 32 heavy (non-hydrogen) atoms. The molecule has 3 atom stereocenters. The second kappa shape index (κ2) is 7.64. The standard InChI is InChI=1S/C24H27N5O2S/c1-13-2-5-18-21(25)22(32-24(18)27-13)23(30)28-16-8-14-3-4-17(9-20(14)31-12-16)29-11-15-6-7-26-10-19(15)29/h2-5,9,15-16,19,26H,6-8,10-12,25H2,1H3,(H,28,30)/t15-,16+,19?/m0/s1. The first kappa shape index (κ1) is 19.8. The van der Waals surface area contributed by atoms with Crippen molar-refractivity contribution in [3.05, 3.63) is 46.5 Å². The van der Waals surface area contributed by atoms with Gasteiger partial charge in [0.25, 0.3) is 5.91 Å². The number of carbonyl (C=O) groups is 1. The van der Waals surface area contributed by atoms with E-state index in [2.05, 4.69) is 38.7 Å². The van der Waals surface area contributed by atoms with Gasteiger partial charge in [-0.2, -0.15) is 0 Å². The third-order valence-electron chi connectivity index (χ3n) is 6.98. The summed E-state index contributed by atoms with van der Waals surface area (Å²) in [6.07, 6.45) is 2.01. The summed E-state index contributed by atoms with van der Waals surface area (Å²) in [6.45, 7) is 5.72. The van der Waals surface area contributed by atoms with Crippen molar-refractivity contribution >= 4 is 38.8 Å². The first-order chi connectivity index (χ1) is 15.6. The van der Waals surface area contributed by atoms with E-state index >= 15 is 0 Å². The number of benzene rings is 1. The number of thiophene rings is 1. The van der Waals surface area contributed by atoms with Gasteiger partial charge in [-0.15, -0.1) is 11.3 Å². The van der Waals surface area contributed by atoms with Gasteiger partial charge in [-0.25, -0.2) is 4.98 Å². The molecule has 0 saturated carbocycles. The molecule has 1 unspecified atom stereocenters. The lowest BCUT2D eigenvalue weighted by Crippen LogP contribution is -2.63. The van der Waals surface area contributed by atoms with E-state index in [1.165, 1.54) is 23.4 Å². The Labute approximate surface area is 191 Å². The van der Waals surface area contributed by atoms with Crippen LogP contribution in [0.3, 0.4) is 0 Å². The minimum Gasteiger partial charge on any atom is -0.491 e. The molecule has 6 rings (SSSR count). The summed E-state index contributed by atoms with van der Waals surface area (Å²) in [5, 5.41) is 7.45. The average Bonchev–Trinajstić information content (AvgIpc) is 3.10. The van der Waals surface area contributed by atoms with Gasteiger partial charge >= 0.3 is 0 Å². The number of aryl methyl sites for hydroxylation is 1. The number of carbonyl (C=O) groups excluding carboxylic acids is 1. The second-order valence-electron chi connectivity index (χ2n) is 9.10. The number of nitrogens with one attached hydrogen (secondary N) is 2. The molecule has 3 aliphatic rings. The molecule has 2 fully saturated rings. The van der Waals surface area contributed by atoms with Gasteiger partial charge in [0.2, 0.25) is 0 Å². The molecule has 0 radical (unpaired) electrons. The van der Waals surface area contributed by atoms with Crippen LogP contribution < -0.4 is 26.0 Å². The number of nitrogens with zero attached hydrogens (tertiary/aromatic N) is 2. The molecule has 8 heteroatoms. The van der Waals surface area contributed by atoms with Crippen LogP contribution in [0.15, 0.2) is 30.3 Å². The van der Waals surface area contributed by atoms with Crippen molar-refractivity contribution in [1.29, 1.82) is 0 Å². The largest absolute Gasteiger partial charge is 0.491 e. The maximum absolute atomic E-state index is 12.9. The van der Waals surface area contributed by atoms with Crippen LogP contribution in [0.1, 0.15) is 27.3 Å². The number of aromatic nitrogens is 1. The smallest absolute Gasteiger partial charge is 0.263 e. The van der Waals surface area contributed by atoms with Gasteiger partial charge in [0.15, 0.2) is 0 Å². The number of hydrogen-bond acceptors (Lipinski definition) is 7. The van der Waals surface area contributed by atoms with Gasteiger partial charge in [-0.05, 0) is 56.0 Å². The van der Waals surface area contributed by atoms with Gasteiger partial charge in [0.05, 0.1) is 11.7 Å². The zero-order valence-electron chi connectivity index (χ0n) is 18.1. The monoisotopic (exact) mass is 449 g/mol. The van der Waals surface area contributed by atoms with E-state index in [9.17, 15) is 4.79 Å². The Morgan fingerprint density at radius 2 is 2.25 bits per heavy atom. The molecule has 0 aliphatic carbocycles. The molecule has 3 aliphatic heterocycles. The number of fused-ring (bicyclic) bond motifs is 3. The Hall–Kier alpha value is -2.84. The fourth-order valence-corrected chi connectivity index (χ4v) is 6.21. The number of ether oxygens (including phenoxy) is 1. The first-order valence-electron chi connectivity index (χ1n) is 11.3. The Bertz CT molecular complexity index is 1210. The van der Waals surface area contributed by atoms with Crippen LogP contribution in [0, 0.1) is 12.8 Å². The number of amides is 1.